The Morgan fingerprint density at radius 3 is 2.58 bits per heavy atom. The maximum absolute atomic E-state index is 12.4. The molecule has 5 heteroatoms. The van der Waals surface area contributed by atoms with Crippen molar-refractivity contribution in [2.45, 2.75) is 58.1 Å². The number of carbonyl (C=O) groups excluding carboxylic acids is 1. The zero-order valence-electron chi connectivity index (χ0n) is 11.8. The Hall–Kier alpha value is -0.870. The van der Waals surface area contributed by atoms with Crippen molar-refractivity contribution >= 4 is 17.4 Å². The highest BCUT2D eigenvalue weighted by atomic mass is 35.5. The smallest absolute Gasteiger partial charge is 0.170 e. The van der Waals surface area contributed by atoms with Crippen LogP contribution in [0, 0.1) is 0 Å². The van der Waals surface area contributed by atoms with Gasteiger partial charge in [0.25, 0.3) is 0 Å². The minimum atomic E-state index is -0.571. The van der Waals surface area contributed by atoms with E-state index < -0.39 is 5.60 Å². The van der Waals surface area contributed by atoms with Crippen molar-refractivity contribution in [3.63, 3.8) is 0 Å². The van der Waals surface area contributed by atoms with Gasteiger partial charge >= 0.3 is 0 Å². The van der Waals surface area contributed by atoms with Gasteiger partial charge in [-0.25, -0.2) is 0 Å². The van der Waals surface area contributed by atoms with Crippen LogP contribution in [0.25, 0.3) is 0 Å². The van der Waals surface area contributed by atoms with E-state index in [1.807, 2.05) is 18.5 Å². The standard InChI is InChI=1S/C14H21ClN2O2/c1-4-10-13(15)11(17(5-2)16-10)9-12(18)14(19-3)7-6-8-14/h4-9H2,1-3H3. The normalized spacial score (nSPS) is 17.3. The molecule has 1 saturated carbocycles. The molecule has 0 spiro atoms. The van der Waals surface area contributed by atoms with Crippen LogP contribution in [0.5, 0.6) is 0 Å². The fourth-order valence-corrected chi connectivity index (χ4v) is 2.93. The van der Waals surface area contributed by atoms with E-state index in [-0.39, 0.29) is 5.78 Å². The van der Waals surface area contributed by atoms with Crippen LogP contribution in [0.3, 0.4) is 0 Å². The summed E-state index contributed by atoms with van der Waals surface area (Å²) in [6, 6.07) is 0. The maximum Gasteiger partial charge on any atom is 0.170 e. The first-order valence-corrected chi connectivity index (χ1v) is 7.28. The molecular weight excluding hydrogens is 264 g/mol. The zero-order chi connectivity index (χ0) is 14.0. The third-order valence-electron chi connectivity index (χ3n) is 4.08. The molecule has 0 radical (unpaired) electrons. The van der Waals surface area contributed by atoms with Crippen LogP contribution in [-0.2, 0) is 28.9 Å². The molecule has 0 atom stereocenters. The number of halogens is 1. The minimum Gasteiger partial charge on any atom is -0.370 e. The molecule has 1 aliphatic rings. The summed E-state index contributed by atoms with van der Waals surface area (Å²) in [5.41, 5.74) is 1.12. The van der Waals surface area contributed by atoms with Crippen molar-refractivity contribution in [3.8, 4) is 0 Å². The molecule has 1 heterocycles. The molecule has 106 valence electrons. The van der Waals surface area contributed by atoms with Crippen molar-refractivity contribution in [2.24, 2.45) is 0 Å². The summed E-state index contributed by atoms with van der Waals surface area (Å²) in [6.45, 7) is 4.75. The molecule has 0 aromatic carbocycles. The van der Waals surface area contributed by atoms with Gasteiger partial charge in [-0.2, -0.15) is 5.10 Å². The van der Waals surface area contributed by atoms with E-state index in [4.69, 9.17) is 16.3 Å². The second kappa shape index (κ2) is 5.63. The van der Waals surface area contributed by atoms with E-state index in [1.54, 1.807) is 7.11 Å². The molecule has 0 aliphatic heterocycles. The summed E-state index contributed by atoms with van der Waals surface area (Å²) >= 11 is 6.33. The van der Waals surface area contributed by atoms with Crippen LogP contribution < -0.4 is 0 Å². The van der Waals surface area contributed by atoms with Gasteiger partial charge in [-0.1, -0.05) is 18.5 Å². The Morgan fingerprint density at radius 2 is 2.16 bits per heavy atom. The van der Waals surface area contributed by atoms with Gasteiger partial charge in [-0.05, 0) is 32.6 Å². The number of hydrogen-bond acceptors (Lipinski definition) is 3. The van der Waals surface area contributed by atoms with Crippen molar-refractivity contribution in [1.82, 2.24) is 9.78 Å². The molecule has 0 N–H and O–H groups in total. The number of Topliss-reactive ketones (excluding diaryl/α,β-unsaturated/α-hetero) is 1. The van der Waals surface area contributed by atoms with Crippen LogP contribution in [0.15, 0.2) is 0 Å². The third kappa shape index (κ3) is 2.43. The second-order valence-corrected chi connectivity index (χ2v) is 5.41. The van der Waals surface area contributed by atoms with Gasteiger partial charge in [-0.3, -0.25) is 9.48 Å². The molecule has 0 amide bonds. The van der Waals surface area contributed by atoms with Gasteiger partial charge in [0.05, 0.1) is 22.8 Å². The van der Waals surface area contributed by atoms with Crippen molar-refractivity contribution in [1.29, 1.82) is 0 Å². The lowest BCUT2D eigenvalue weighted by Crippen LogP contribution is -2.48. The molecule has 0 saturated heterocycles. The number of rotatable bonds is 6. The lowest BCUT2D eigenvalue weighted by Gasteiger charge is -2.38. The molecule has 1 aromatic rings. The Balaban J connectivity index is 2.23. The average Bonchev–Trinajstić information content (AvgIpc) is 2.65. The number of methoxy groups -OCH3 is 1. The van der Waals surface area contributed by atoms with Crippen LogP contribution >= 0.6 is 11.6 Å². The highest BCUT2D eigenvalue weighted by Crippen LogP contribution is 2.37. The van der Waals surface area contributed by atoms with Crippen molar-refractivity contribution in [2.75, 3.05) is 7.11 Å². The van der Waals surface area contributed by atoms with Gasteiger partial charge in [0.15, 0.2) is 5.78 Å². The first kappa shape index (κ1) is 14.5. The van der Waals surface area contributed by atoms with E-state index in [9.17, 15) is 4.79 Å². The van der Waals surface area contributed by atoms with Crippen LogP contribution in [0.4, 0.5) is 0 Å². The Kier molecular flexibility index (Phi) is 4.31. The number of carbonyl (C=O) groups is 1. The molecule has 4 nitrogen and oxygen atoms in total. The predicted octanol–water partition coefficient (Wildman–Crippen LogP) is 2.80. The molecule has 0 bridgehead atoms. The van der Waals surface area contributed by atoms with Crippen LogP contribution in [-0.4, -0.2) is 28.3 Å². The van der Waals surface area contributed by atoms with Crippen LogP contribution in [0.1, 0.15) is 44.5 Å². The molecule has 1 aliphatic carbocycles. The molecule has 1 aromatic heterocycles. The SMILES string of the molecule is CCc1nn(CC)c(CC(=O)C2(OC)CCC2)c1Cl. The highest BCUT2D eigenvalue weighted by molar-refractivity contribution is 6.32. The Labute approximate surface area is 119 Å². The van der Waals surface area contributed by atoms with Gasteiger partial charge < -0.3 is 4.74 Å². The quantitative estimate of drug-likeness (QED) is 0.807. The van der Waals surface area contributed by atoms with E-state index in [1.165, 1.54) is 0 Å². The third-order valence-corrected chi connectivity index (χ3v) is 4.52. The van der Waals surface area contributed by atoms with Crippen molar-refractivity contribution < 1.29 is 9.53 Å². The first-order valence-electron chi connectivity index (χ1n) is 6.90. The van der Waals surface area contributed by atoms with Gasteiger partial charge in [0.1, 0.15) is 5.60 Å². The number of ether oxygens (including phenoxy) is 1. The summed E-state index contributed by atoms with van der Waals surface area (Å²) < 4.78 is 7.27. The van der Waals surface area contributed by atoms with E-state index >= 15 is 0 Å². The number of nitrogens with zero attached hydrogens (tertiary/aromatic N) is 2. The largest absolute Gasteiger partial charge is 0.370 e. The lowest BCUT2D eigenvalue weighted by molar-refractivity contribution is -0.151. The fraction of sp³-hybridized carbons (Fsp3) is 0.714. The first-order chi connectivity index (χ1) is 9.07. The number of ketones is 1. The zero-order valence-corrected chi connectivity index (χ0v) is 12.6. The predicted molar refractivity (Wildman–Crippen MR) is 74.6 cm³/mol. The number of aromatic nitrogens is 2. The van der Waals surface area contributed by atoms with Gasteiger partial charge in [0, 0.05) is 13.7 Å². The Morgan fingerprint density at radius 1 is 1.47 bits per heavy atom. The number of hydrogen-bond donors (Lipinski definition) is 0. The van der Waals surface area contributed by atoms with E-state index in [0.717, 1.165) is 43.6 Å². The van der Waals surface area contributed by atoms with Crippen molar-refractivity contribution in [3.05, 3.63) is 16.4 Å². The second-order valence-electron chi connectivity index (χ2n) is 5.03. The summed E-state index contributed by atoms with van der Waals surface area (Å²) in [6.07, 6.45) is 3.79. The highest BCUT2D eigenvalue weighted by Gasteiger charge is 2.44. The summed E-state index contributed by atoms with van der Waals surface area (Å²) in [5.74, 6) is 0.125. The monoisotopic (exact) mass is 284 g/mol. The average molecular weight is 285 g/mol. The summed E-state index contributed by atoms with van der Waals surface area (Å²) in [5, 5.41) is 5.09. The lowest BCUT2D eigenvalue weighted by atomic mass is 9.75. The molecule has 19 heavy (non-hydrogen) atoms. The fourth-order valence-electron chi connectivity index (χ4n) is 2.59. The summed E-state index contributed by atoms with van der Waals surface area (Å²) in [7, 11) is 1.62. The molecule has 2 rings (SSSR count). The van der Waals surface area contributed by atoms with Crippen LogP contribution in [0.2, 0.25) is 5.02 Å². The topological polar surface area (TPSA) is 44.1 Å². The van der Waals surface area contributed by atoms with E-state index in [0.29, 0.717) is 11.4 Å². The maximum atomic E-state index is 12.4. The van der Waals surface area contributed by atoms with Gasteiger partial charge in [0.2, 0.25) is 0 Å². The molecule has 0 unspecified atom stereocenters. The molecule has 1 fully saturated rings. The van der Waals surface area contributed by atoms with Gasteiger partial charge in [-0.15, -0.1) is 0 Å². The Bertz CT molecular complexity index is 473. The minimum absolute atomic E-state index is 0.125. The number of aryl methyl sites for hydroxylation is 2. The summed E-state index contributed by atoms with van der Waals surface area (Å²) in [4.78, 5) is 12.4. The molecular formula is C14H21ClN2O2. The van der Waals surface area contributed by atoms with E-state index in [2.05, 4.69) is 5.10 Å².